The average molecular weight is 262 g/mol. The third kappa shape index (κ3) is 3.71. The lowest BCUT2D eigenvalue weighted by Crippen LogP contribution is -2.35. The molecule has 0 aliphatic carbocycles. The molecule has 1 unspecified atom stereocenters. The van der Waals surface area contributed by atoms with E-state index in [1.165, 1.54) is 18.5 Å². The Labute approximate surface area is 116 Å². The number of benzene rings is 1. The molecular weight excluding hydrogens is 236 g/mol. The van der Waals surface area contributed by atoms with Gasteiger partial charge in [0, 0.05) is 25.7 Å². The highest BCUT2D eigenvalue weighted by molar-refractivity contribution is 5.29. The molecule has 1 N–H and O–H groups in total. The van der Waals surface area contributed by atoms with E-state index in [9.17, 15) is 0 Å². The van der Waals surface area contributed by atoms with Crippen LogP contribution in [0.4, 0.5) is 0 Å². The summed E-state index contributed by atoms with van der Waals surface area (Å²) in [4.78, 5) is 2.62. The maximum absolute atomic E-state index is 5.25. The van der Waals surface area contributed by atoms with E-state index in [4.69, 9.17) is 4.74 Å². The Morgan fingerprint density at radius 3 is 2.47 bits per heavy atom. The highest BCUT2D eigenvalue weighted by Crippen LogP contribution is 2.30. The Bertz CT molecular complexity index is 367. The van der Waals surface area contributed by atoms with Crippen molar-refractivity contribution in [2.45, 2.75) is 26.3 Å². The summed E-state index contributed by atoms with van der Waals surface area (Å²) in [6, 6.07) is 9.07. The molecule has 2 rings (SSSR count). The first-order chi connectivity index (χ1) is 9.22. The summed E-state index contributed by atoms with van der Waals surface area (Å²) in [7, 11) is 1.72. The van der Waals surface area contributed by atoms with Crippen molar-refractivity contribution >= 4 is 0 Å². The molecule has 19 heavy (non-hydrogen) atoms. The predicted octanol–water partition coefficient (Wildman–Crippen LogP) is 2.69. The van der Waals surface area contributed by atoms with Gasteiger partial charge in [-0.2, -0.15) is 0 Å². The number of rotatable bonds is 4. The Kier molecular flexibility index (Phi) is 5.23. The van der Waals surface area contributed by atoms with Crippen molar-refractivity contribution in [1.82, 2.24) is 10.2 Å². The molecule has 1 heterocycles. The van der Waals surface area contributed by atoms with Gasteiger partial charge in [-0.25, -0.2) is 0 Å². The third-order valence-electron chi connectivity index (χ3n) is 3.86. The van der Waals surface area contributed by atoms with Crippen molar-refractivity contribution in [2.75, 3.05) is 33.3 Å². The highest BCUT2D eigenvalue weighted by Gasteiger charge is 2.24. The monoisotopic (exact) mass is 262 g/mol. The lowest BCUT2D eigenvalue weighted by atomic mass is 9.94. The van der Waals surface area contributed by atoms with Crippen molar-refractivity contribution in [3.8, 4) is 5.75 Å². The fraction of sp³-hybridized carbons (Fsp3) is 0.625. The molecule has 0 spiro atoms. The zero-order chi connectivity index (χ0) is 13.7. The topological polar surface area (TPSA) is 24.5 Å². The maximum Gasteiger partial charge on any atom is 0.118 e. The summed E-state index contributed by atoms with van der Waals surface area (Å²) in [5.41, 5.74) is 1.40. The second-order valence-electron chi connectivity index (χ2n) is 5.60. The van der Waals surface area contributed by atoms with E-state index in [0.717, 1.165) is 25.4 Å². The first kappa shape index (κ1) is 14.4. The molecule has 1 aliphatic heterocycles. The molecular formula is C16H26N2O. The summed E-state index contributed by atoms with van der Waals surface area (Å²) in [5.74, 6) is 1.55. The minimum absolute atomic E-state index is 0.505. The standard InChI is InChI=1S/C16H26N2O/c1-13(2)16(18-11-4-9-17-10-12-18)14-5-7-15(19-3)8-6-14/h5-8,13,16-17H,4,9-12H2,1-3H3. The van der Waals surface area contributed by atoms with Crippen LogP contribution in [0.5, 0.6) is 5.75 Å². The van der Waals surface area contributed by atoms with E-state index in [0.29, 0.717) is 12.0 Å². The maximum atomic E-state index is 5.25. The van der Waals surface area contributed by atoms with Crippen molar-refractivity contribution in [1.29, 1.82) is 0 Å². The second kappa shape index (κ2) is 6.92. The van der Waals surface area contributed by atoms with Gasteiger partial charge < -0.3 is 10.1 Å². The smallest absolute Gasteiger partial charge is 0.118 e. The highest BCUT2D eigenvalue weighted by atomic mass is 16.5. The van der Waals surface area contributed by atoms with E-state index in [1.807, 2.05) is 0 Å². The summed E-state index contributed by atoms with van der Waals surface area (Å²) < 4.78 is 5.25. The van der Waals surface area contributed by atoms with Gasteiger partial charge in [0.05, 0.1) is 7.11 Å². The molecule has 3 heteroatoms. The van der Waals surface area contributed by atoms with Crippen LogP contribution in [0.15, 0.2) is 24.3 Å². The van der Waals surface area contributed by atoms with Gasteiger partial charge in [-0.1, -0.05) is 26.0 Å². The van der Waals surface area contributed by atoms with Gasteiger partial charge in [0.1, 0.15) is 5.75 Å². The van der Waals surface area contributed by atoms with Crippen LogP contribution in [-0.4, -0.2) is 38.2 Å². The van der Waals surface area contributed by atoms with Crippen LogP contribution in [0.3, 0.4) is 0 Å². The largest absolute Gasteiger partial charge is 0.497 e. The fourth-order valence-electron chi connectivity index (χ4n) is 2.96. The predicted molar refractivity (Wildman–Crippen MR) is 79.6 cm³/mol. The third-order valence-corrected chi connectivity index (χ3v) is 3.86. The van der Waals surface area contributed by atoms with E-state index in [2.05, 4.69) is 48.3 Å². The molecule has 0 radical (unpaired) electrons. The molecule has 1 aromatic rings. The van der Waals surface area contributed by atoms with Crippen LogP contribution < -0.4 is 10.1 Å². The molecule has 1 fully saturated rings. The molecule has 0 saturated carbocycles. The normalized spacial score (nSPS) is 19.2. The number of nitrogens with zero attached hydrogens (tertiary/aromatic N) is 1. The van der Waals surface area contributed by atoms with Crippen molar-refractivity contribution in [3.05, 3.63) is 29.8 Å². The zero-order valence-electron chi connectivity index (χ0n) is 12.4. The average Bonchev–Trinajstić information content (AvgIpc) is 2.68. The second-order valence-corrected chi connectivity index (χ2v) is 5.60. The van der Waals surface area contributed by atoms with E-state index >= 15 is 0 Å². The van der Waals surface area contributed by atoms with Gasteiger partial charge in [-0.15, -0.1) is 0 Å². The number of methoxy groups -OCH3 is 1. The van der Waals surface area contributed by atoms with Crippen molar-refractivity contribution in [2.24, 2.45) is 5.92 Å². The molecule has 1 aliphatic rings. The molecule has 0 amide bonds. The Hall–Kier alpha value is -1.06. The molecule has 1 atom stereocenters. The van der Waals surface area contributed by atoms with Crippen molar-refractivity contribution in [3.63, 3.8) is 0 Å². The molecule has 3 nitrogen and oxygen atoms in total. The number of hydrogen-bond acceptors (Lipinski definition) is 3. The van der Waals surface area contributed by atoms with Crippen LogP contribution in [0.2, 0.25) is 0 Å². The Morgan fingerprint density at radius 2 is 1.84 bits per heavy atom. The molecule has 1 saturated heterocycles. The summed E-state index contributed by atoms with van der Waals surface area (Å²) >= 11 is 0. The zero-order valence-corrected chi connectivity index (χ0v) is 12.4. The Balaban J connectivity index is 2.17. The summed E-state index contributed by atoms with van der Waals surface area (Å²) in [6.07, 6.45) is 1.24. The van der Waals surface area contributed by atoms with Gasteiger partial charge in [0.15, 0.2) is 0 Å². The first-order valence-corrected chi connectivity index (χ1v) is 7.31. The summed E-state index contributed by atoms with van der Waals surface area (Å²) in [5, 5.41) is 3.48. The van der Waals surface area contributed by atoms with E-state index in [1.54, 1.807) is 7.11 Å². The van der Waals surface area contributed by atoms with Gasteiger partial charge in [0.2, 0.25) is 0 Å². The van der Waals surface area contributed by atoms with Gasteiger partial charge in [-0.05, 0) is 36.6 Å². The fourth-order valence-corrected chi connectivity index (χ4v) is 2.96. The minimum Gasteiger partial charge on any atom is -0.497 e. The lowest BCUT2D eigenvalue weighted by molar-refractivity contribution is 0.165. The minimum atomic E-state index is 0.505. The van der Waals surface area contributed by atoms with Crippen LogP contribution >= 0.6 is 0 Å². The number of nitrogens with one attached hydrogen (secondary N) is 1. The van der Waals surface area contributed by atoms with Gasteiger partial charge >= 0.3 is 0 Å². The van der Waals surface area contributed by atoms with E-state index in [-0.39, 0.29) is 0 Å². The van der Waals surface area contributed by atoms with Crippen LogP contribution in [0.1, 0.15) is 31.9 Å². The molecule has 106 valence electrons. The molecule has 0 aromatic heterocycles. The summed E-state index contributed by atoms with van der Waals surface area (Å²) in [6.45, 7) is 9.18. The Morgan fingerprint density at radius 1 is 1.11 bits per heavy atom. The van der Waals surface area contributed by atoms with E-state index < -0.39 is 0 Å². The molecule has 0 bridgehead atoms. The lowest BCUT2D eigenvalue weighted by Gasteiger charge is -2.34. The van der Waals surface area contributed by atoms with Crippen LogP contribution in [-0.2, 0) is 0 Å². The van der Waals surface area contributed by atoms with Crippen LogP contribution in [0, 0.1) is 5.92 Å². The van der Waals surface area contributed by atoms with Gasteiger partial charge in [-0.3, -0.25) is 4.90 Å². The molecule has 1 aromatic carbocycles. The quantitative estimate of drug-likeness (QED) is 0.903. The number of ether oxygens (including phenoxy) is 1. The van der Waals surface area contributed by atoms with Crippen molar-refractivity contribution < 1.29 is 4.74 Å². The first-order valence-electron chi connectivity index (χ1n) is 7.31. The van der Waals surface area contributed by atoms with Gasteiger partial charge in [0.25, 0.3) is 0 Å². The van der Waals surface area contributed by atoms with Crippen LogP contribution in [0.25, 0.3) is 0 Å². The number of hydrogen-bond donors (Lipinski definition) is 1. The SMILES string of the molecule is COc1ccc(C(C(C)C)N2CCCNCC2)cc1.